The predicted molar refractivity (Wildman–Crippen MR) is 76.3 cm³/mol. The number of hydrogen-bond donors (Lipinski definition) is 1. The van der Waals surface area contributed by atoms with Gasteiger partial charge in [0.05, 0.1) is 12.7 Å². The van der Waals surface area contributed by atoms with E-state index in [1.54, 1.807) is 0 Å². The summed E-state index contributed by atoms with van der Waals surface area (Å²) >= 11 is 0. The van der Waals surface area contributed by atoms with Crippen molar-refractivity contribution < 1.29 is 9.47 Å². The predicted octanol–water partition coefficient (Wildman–Crippen LogP) is 1.23. The minimum Gasteiger partial charge on any atom is -0.379 e. The second-order valence-electron chi connectivity index (χ2n) is 5.64. The molecule has 2 N–H and O–H groups in total. The number of piperidine rings is 1. The Kier molecular flexibility index (Phi) is 5.92. The van der Waals surface area contributed by atoms with Crippen molar-refractivity contribution >= 4 is 5.96 Å². The highest BCUT2D eigenvalue weighted by Crippen LogP contribution is 2.14. The van der Waals surface area contributed by atoms with Gasteiger partial charge in [0, 0.05) is 32.8 Å². The van der Waals surface area contributed by atoms with Gasteiger partial charge in [-0.2, -0.15) is 0 Å². The summed E-state index contributed by atoms with van der Waals surface area (Å²) in [5.41, 5.74) is 6.03. The molecule has 2 unspecified atom stereocenters. The molecule has 0 spiro atoms. The molecule has 2 fully saturated rings. The molecular weight excluding hydrogens is 242 g/mol. The maximum Gasteiger partial charge on any atom is 0.191 e. The highest BCUT2D eigenvalue weighted by atomic mass is 16.5. The third kappa shape index (κ3) is 4.99. The fourth-order valence-corrected chi connectivity index (χ4v) is 2.65. The van der Waals surface area contributed by atoms with Crippen LogP contribution in [0.3, 0.4) is 0 Å². The highest BCUT2D eigenvalue weighted by Gasteiger charge is 2.17. The Morgan fingerprint density at radius 3 is 3.11 bits per heavy atom. The van der Waals surface area contributed by atoms with Gasteiger partial charge in [0.25, 0.3) is 0 Å². The second kappa shape index (κ2) is 7.70. The van der Waals surface area contributed by atoms with Gasteiger partial charge < -0.3 is 20.1 Å². The van der Waals surface area contributed by atoms with Gasteiger partial charge in [-0.05, 0) is 31.6 Å². The summed E-state index contributed by atoms with van der Waals surface area (Å²) in [7, 11) is 0. The van der Waals surface area contributed by atoms with E-state index < -0.39 is 0 Å². The lowest BCUT2D eigenvalue weighted by molar-refractivity contribution is 0.0424. The van der Waals surface area contributed by atoms with Crippen LogP contribution in [0.25, 0.3) is 0 Å². The number of ether oxygens (including phenoxy) is 2. The number of rotatable bonds is 5. The van der Waals surface area contributed by atoms with Gasteiger partial charge in [0.15, 0.2) is 5.96 Å². The van der Waals surface area contributed by atoms with Gasteiger partial charge in [-0.3, -0.25) is 4.99 Å². The third-order valence-electron chi connectivity index (χ3n) is 3.80. The van der Waals surface area contributed by atoms with Crippen molar-refractivity contribution in [1.29, 1.82) is 0 Å². The van der Waals surface area contributed by atoms with E-state index in [-0.39, 0.29) is 0 Å². The van der Waals surface area contributed by atoms with Crippen molar-refractivity contribution in [3.63, 3.8) is 0 Å². The van der Waals surface area contributed by atoms with Crippen molar-refractivity contribution in [3.05, 3.63) is 0 Å². The van der Waals surface area contributed by atoms with Crippen molar-refractivity contribution in [2.75, 3.05) is 39.5 Å². The standard InChI is InChI=1S/C14H27N3O2/c1-12-4-2-7-17(10-12)14(15)16-6-3-8-19-13-5-9-18-11-13/h12-13H,2-11H2,1H3,(H2,15,16). The van der Waals surface area contributed by atoms with E-state index in [1.807, 2.05) is 0 Å². The first-order chi connectivity index (χ1) is 9.25. The summed E-state index contributed by atoms with van der Waals surface area (Å²) in [5, 5.41) is 0. The molecule has 0 bridgehead atoms. The fraction of sp³-hybridized carbons (Fsp3) is 0.929. The molecule has 2 atom stereocenters. The molecule has 0 radical (unpaired) electrons. The number of nitrogens with zero attached hydrogens (tertiary/aromatic N) is 2. The molecule has 2 heterocycles. The Morgan fingerprint density at radius 2 is 2.37 bits per heavy atom. The first kappa shape index (κ1) is 14.6. The smallest absolute Gasteiger partial charge is 0.191 e. The Morgan fingerprint density at radius 1 is 1.47 bits per heavy atom. The Labute approximate surface area is 116 Å². The third-order valence-corrected chi connectivity index (χ3v) is 3.80. The van der Waals surface area contributed by atoms with E-state index in [1.165, 1.54) is 12.8 Å². The summed E-state index contributed by atoms with van der Waals surface area (Å²) in [5.74, 6) is 1.43. The van der Waals surface area contributed by atoms with Gasteiger partial charge >= 0.3 is 0 Å². The lowest BCUT2D eigenvalue weighted by atomic mass is 10.0. The Hall–Kier alpha value is -0.810. The quantitative estimate of drug-likeness (QED) is 0.463. The van der Waals surface area contributed by atoms with Crippen LogP contribution in [0.5, 0.6) is 0 Å². The number of likely N-dealkylation sites (tertiary alicyclic amines) is 1. The zero-order chi connectivity index (χ0) is 13.5. The Bertz CT molecular complexity index is 290. The molecule has 0 aromatic rings. The average Bonchev–Trinajstić information content (AvgIpc) is 2.91. The van der Waals surface area contributed by atoms with Gasteiger partial charge in [-0.25, -0.2) is 0 Å². The van der Waals surface area contributed by atoms with E-state index >= 15 is 0 Å². The highest BCUT2D eigenvalue weighted by molar-refractivity contribution is 5.78. The number of nitrogens with two attached hydrogens (primary N) is 1. The lowest BCUT2D eigenvalue weighted by Crippen LogP contribution is -2.43. The summed E-state index contributed by atoms with van der Waals surface area (Å²) in [6.45, 7) is 7.46. The molecule has 0 amide bonds. The molecule has 0 saturated carbocycles. The maximum absolute atomic E-state index is 6.03. The zero-order valence-electron chi connectivity index (χ0n) is 12.0. The van der Waals surface area contributed by atoms with Gasteiger partial charge in [0.1, 0.15) is 0 Å². The summed E-state index contributed by atoms with van der Waals surface area (Å²) in [4.78, 5) is 6.66. The van der Waals surface area contributed by atoms with Crippen LogP contribution in [0, 0.1) is 5.92 Å². The molecule has 2 saturated heterocycles. The van der Waals surface area contributed by atoms with Crippen LogP contribution in [0.1, 0.15) is 32.6 Å². The molecular formula is C14H27N3O2. The van der Waals surface area contributed by atoms with Crippen LogP contribution in [0.2, 0.25) is 0 Å². The van der Waals surface area contributed by atoms with Gasteiger partial charge in [-0.1, -0.05) is 6.92 Å². The van der Waals surface area contributed by atoms with Crippen LogP contribution in [0.15, 0.2) is 4.99 Å². The van der Waals surface area contributed by atoms with Crippen molar-refractivity contribution in [2.45, 2.75) is 38.7 Å². The van der Waals surface area contributed by atoms with Crippen LogP contribution in [-0.2, 0) is 9.47 Å². The largest absolute Gasteiger partial charge is 0.379 e. The maximum atomic E-state index is 6.03. The van der Waals surface area contributed by atoms with Crippen LogP contribution >= 0.6 is 0 Å². The lowest BCUT2D eigenvalue weighted by Gasteiger charge is -2.31. The van der Waals surface area contributed by atoms with E-state index in [4.69, 9.17) is 15.2 Å². The van der Waals surface area contributed by atoms with Crippen LogP contribution in [-0.4, -0.2) is 56.4 Å². The van der Waals surface area contributed by atoms with Crippen molar-refractivity contribution in [3.8, 4) is 0 Å². The van der Waals surface area contributed by atoms with E-state index in [0.717, 1.165) is 58.2 Å². The summed E-state index contributed by atoms with van der Waals surface area (Å²) in [6, 6.07) is 0. The second-order valence-corrected chi connectivity index (χ2v) is 5.64. The van der Waals surface area contributed by atoms with Crippen LogP contribution < -0.4 is 5.73 Å². The zero-order valence-corrected chi connectivity index (χ0v) is 12.0. The minimum absolute atomic E-state index is 0.296. The summed E-state index contributed by atoms with van der Waals surface area (Å²) < 4.78 is 11.0. The molecule has 5 heteroatoms. The number of aliphatic imine (C=N–C) groups is 1. The molecule has 2 aliphatic rings. The van der Waals surface area contributed by atoms with Gasteiger partial charge in [0.2, 0.25) is 0 Å². The van der Waals surface area contributed by atoms with Crippen LogP contribution in [0.4, 0.5) is 0 Å². The molecule has 5 nitrogen and oxygen atoms in total. The Balaban J connectivity index is 1.58. The normalized spacial score (nSPS) is 28.9. The average molecular weight is 269 g/mol. The SMILES string of the molecule is CC1CCCN(C(N)=NCCCOC2CCOC2)C1. The summed E-state index contributed by atoms with van der Waals surface area (Å²) in [6.07, 6.45) is 4.78. The number of hydrogen-bond acceptors (Lipinski definition) is 3. The fourth-order valence-electron chi connectivity index (χ4n) is 2.65. The molecule has 0 aromatic heterocycles. The monoisotopic (exact) mass is 269 g/mol. The van der Waals surface area contributed by atoms with E-state index in [2.05, 4.69) is 16.8 Å². The molecule has 2 aliphatic heterocycles. The molecule has 110 valence electrons. The topological polar surface area (TPSA) is 60.1 Å². The van der Waals surface area contributed by atoms with E-state index in [0.29, 0.717) is 12.1 Å². The first-order valence-corrected chi connectivity index (χ1v) is 7.50. The van der Waals surface area contributed by atoms with Gasteiger partial charge in [-0.15, -0.1) is 0 Å². The number of guanidine groups is 1. The van der Waals surface area contributed by atoms with Crippen molar-refractivity contribution in [2.24, 2.45) is 16.6 Å². The molecule has 2 rings (SSSR count). The molecule has 19 heavy (non-hydrogen) atoms. The minimum atomic E-state index is 0.296. The van der Waals surface area contributed by atoms with Crippen molar-refractivity contribution in [1.82, 2.24) is 4.90 Å². The molecule has 0 aromatic carbocycles. The van der Waals surface area contributed by atoms with E-state index in [9.17, 15) is 0 Å². The first-order valence-electron chi connectivity index (χ1n) is 7.50. The molecule has 0 aliphatic carbocycles.